The number of carbonyl (C=O) groups excluding carboxylic acids is 1. The number of carbonyl (C=O) groups is 1. The minimum atomic E-state index is -4.42. The highest BCUT2D eigenvalue weighted by Gasteiger charge is 2.30. The van der Waals surface area contributed by atoms with Crippen molar-refractivity contribution in [2.75, 3.05) is 0 Å². The average molecular weight is 508 g/mol. The lowest BCUT2D eigenvalue weighted by atomic mass is 10.0. The van der Waals surface area contributed by atoms with Crippen LogP contribution < -0.4 is 5.32 Å². The van der Waals surface area contributed by atoms with E-state index in [2.05, 4.69) is 10.3 Å². The number of rotatable bonds is 9. The van der Waals surface area contributed by atoms with Crippen LogP contribution in [0, 0.1) is 0 Å². The van der Waals surface area contributed by atoms with Crippen LogP contribution in [0.1, 0.15) is 64.6 Å². The molecule has 1 aromatic heterocycles. The topological polar surface area (TPSA) is 58.4 Å². The Balaban J connectivity index is 1.52. The monoisotopic (exact) mass is 507 g/mol. The van der Waals surface area contributed by atoms with E-state index in [1.807, 2.05) is 79.4 Å². The van der Waals surface area contributed by atoms with Crippen LogP contribution in [-0.2, 0) is 19.3 Å². The van der Waals surface area contributed by atoms with E-state index in [0.717, 1.165) is 23.3 Å². The Morgan fingerprint density at radius 2 is 1.57 bits per heavy atom. The Morgan fingerprint density at radius 3 is 2.22 bits per heavy atom. The highest BCUT2D eigenvalue weighted by Crippen LogP contribution is 2.31. The van der Waals surface area contributed by atoms with Gasteiger partial charge in [-0.15, -0.1) is 0 Å². The molecule has 2 atom stereocenters. The van der Waals surface area contributed by atoms with Gasteiger partial charge in [-0.25, -0.2) is 4.98 Å². The third-order valence-corrected chi connectivity index (χ3v) is 6.24. The van der Waals surface area contributed by atoms with E-state index in [0.29, 0.717) is 11.5 Å². The Bertz CT molecular complexity index is 1310. The molecule has 192 valence electrons. The van der Waals surface area contributed by atoms with E-state index in [-0.39, 0.29) is 36.8 Å². The first-order chi connectivity index (χ1) is 17.7. The summed E-state index contributed by atoms with van der Waals surface area (Å²) in [5.41, 5.74) is 1.92. The summed E-state index contributed by atoms with van der Waals surface area (Å²) in [6.45, 7) is 4.29. The maximum atomic E-state index is 13.3. The number of oxazole rings is 1. The molecule has 37 heavy (non-hydrogen) atoms. The van der Waals surface area contributed by atoms with Crippen LogP contribution in [0.4, 0.5) is 13.2 Å². The summed E-state index contributed by atoms with van der Waals surface area (Å²) >= 11 is 0. The molecule has 1 heterocycles. The number of alkyl halides is 3. The third-order valence-electron chi connectivity index (χ3n) is 6.24. The van der Waals surface area contributed by atoms with Gasteiger partial charge in [0, 0.05) is 12.6 Å². The first kappa shape index (κ1) is 26.2. The summed E-state index contributed by atoms with van der Waals surface area (Å²) in [7, 11) is 0. The molecule has 1 amide bonds. The fraction of sp³-hybridized carbons (Fsp3) is 0.241. The van der Waals surface area contributed by atoms with E-state index in [1.165, 1.54) is 12.3 Å². The number of nitrogens with one attached hydrogen (secondary N) is 1. The molecule has 0 fully saturated rings. The zero-order valence-electron chi connectivity index (χ0n) is 20.6. The van der Waals surface area contributed by atoms with E-state index in [1.54, 1.807) is 6.07 Å². The summed E-state index contributed by atoms with van der Waals surface area (Å²) in [5.74, 6) is -0.0702. The molecule has 8 heteroatoms. The molecule has 0 radical (unpaired) electrons. The lowest BCUT2D eigenvalue weighted by molar-refractivity contribution is -0.137. The van der Waals surface area contributed by atoms with Crippen LogP contribution in [0.3, 0.4) is 0 Å². The average Bonchev–Trinajstić information content (AvgIpc) is 3.37. The van der Waals surface area contributed by atoms with Gasteiger partial charge in [-0.05, 0) is 36.6 Å². The summed E-state index contributed by atoms with van der Waals surface area (Å²) in [6.07, 6.45) is -3.12. The van der Waals surface area contributed by atoms with Crippen molar-refractivity contribution in [2.24, 2.45) is 0 Å². The molecule has 0 bridgehead atoms. The van der Waals surface area contributed by atoms with Gasteiger partial charge in [0.1, 0.15) is 6.26 Å². The highest BCUT2D eigenvalue weighted by atomic mass is 19.4. The van der Waals surface area contributed by atoms with E-state index in [4.69, 9.17) is 4.42 Å². The SMILES string of the molecule is C[C@H](NC(=O)c1coc(CN(Cc2cccc(C(F)(F)F)c2)[C@H](C)c2ccccc2)n1)c1ccccc1. The van der Waals surface area contributed by atoms with Gasteiger partial charge in [-0.2, -0.15) is 13.2 Å². The second-order valence-corrected chi connectivity index (χ2v) is 8.92. The fourth-order valence-corrected chi connectivity index (χ4v) is 4.11. The zero-order valence-corrected chi connectivity index (χ0v) is 20.6. The molecule has 5 nitrogen and oxygen atoms in total. The number of benzene rings is 3. The van der Waals surface area contributed by atoms with E-state index in [9.17, 15) is 18.0 Å². The van der Waals surface area contributed by atoms with Gasteiger partial charge in [0.05, 0.1) is 18.2 Å². The Hall–Kier alpha value is -3.91. The van der Waals surface area contributed by atoms with Crippen LogP contribution in [0.5, 0.6) is 0 Å². The second kappa shape index (κ2) is 11.4. The molecule has 1 N–H and O–H groups in total. The van der Waals surface area contributed by atoms with Crippen LogP contribution in [-0.4, -0.2) is 15.8 Å². The zero-order chi connectivity index (χ0) is 26.4. The smallest absolute Gasteiger partial charge is 0.416 e. The quantitative estimate of drug-likeness (QED) is 0.266. The van der Waals surface area contributed by atoms with Gasteiger partial charge >= 0.3 is 6.18 Å². The number of amides is 1. The van der Waals surface area contributed by atoms with Gasteiger partial charge < -0.3 is 9.73 Å². The number of nitrogens with zero attached hydrogens (tertiary/aromatic N) is 2. The van der Waals surface area contributed by atoms with Crippen molar-refractivity contribution >= 4 is 5.91 Å². The first-order valence-corrected chi connectivity index (χ1v) is 12.0. The predicted molar refractivity (Wildman–Crippen MR) is 134 cm³/mol. The van der Waals surface area contributed by atoms with Gasteiger partial charge in [-0.1, -0.05) is 78.9 Å². The lowest BCUT2D eigenvalue weighted by Gasteiger charge is -2.28. The van der Waals surface area contributed by atoms with Crippen LogP contribution in [0.15, 0.2) is 95.6 Å². The molecule has 4 aromatic rings. The van der Waals surface area contributed by atoms with Crippen molar-refractivity contribution < 1.29 is 22.4 Å². The minimum Gasteiger partial charge on any atom is -0.447 e. The molecule has 3 aromatic carbocycles. The first-order valence-electron chi connectivity index (χ1n) is 12.0. The predicted octanol–water partition coefficient (Wildman–Crippen LogP) is 6.95. The molecule has 4 rings (SSSR count). The largest absolute Gasteiger partial charge is 0.447 e. The molecule has 0 aliphatic heterocycles. The summed E-state index contributed by atoms with van der Waals surface area (Å²) in [5, 5.41) is 2.91. The third kappa shape index (κ3) is 6.86. The van der Waals surface area contributed by atoms with Crippen molar-refractivity contribution in [2.45, 2.75) is 45.2 Å². The maximum absolute atomic E-state index is 13.3. The van der Waals surface area contributed by atoms with Crippen LogP contribution >= 0.6 is 0 Å². The Labute approximate surface area is 214 Å². The van der Waals surface area contributed by atoms with Crippen molar-refractivity contribution in [1.82, 2.24) is 15.2 Å². The second-order valence-electron chi connectivity index (χ2n) is 8.92. The van der Waals surface area contributed by atoms with E-state index >= 15 is 0 Å². The molecular formula is C29H28F3N3O2. The van der Waals surface area contributed by atoms with Crippen LogP contribution in [0.2, 0.25) is 0 Å². The standard InChI is InChI=1S/C29H28F3N3O2/c1-20(23-11-5-3-6-12-23)33-28(36)26-19-37-27(34-26)18-35(21(2)24-13-7-4-8-14-24)17-22-10-9-15-25(16-22)29(30,31)32/h3-16,19-21H,17-18H2,1-2H3,(H,33,36)/t20-,21+/m0/s1. The highest BCUT2D eigenvalue weighted by molar-refractivity contribution is 5.92. The van der Waals surface area contributed by atoms with E-state index < -0.39 is 11.7 Å². The van der Waals surface area contributed by atoms with Gasteiger partial charge in [0.15, 0.2) is 5.69 Å². The molecule has 0 aliphatic rings. The number of hydrogen-bond donors (Lipinski definition) is 1. The van der Waals surface area contributed by atoms with Gasteiger partial charge in [0.25, 0.3) is 5.91 Å². The maximum Gasteiger partial charge on any atom is 0.416 e. The fourth-order valence-electron chi connectivity index (χ4n) is 4.11. The molecule has 0 saturated carbocycles. The molecular weight excluding hydrogens is 479 g/mol. The normalized spacial score (nSPS) is 13.4. The Kier molecular flexibility index (Phi) is 8.08. The molecule has 0 saturated heterocycles. The summed E-state index contributed by atoms with van der Waals surface area (Å²) in [4.78, 5) is 19.1. The summed E-state index contributed by atoms with van der Waals surface area (Å²) < 4.78 is 45.4. The van der Waals surface area contributed by atoms with Gasteiger partial charge in [0.2, 0.25) is 5.89 Å². The minimum absolute atomic E-state index is 0.143. The van der Waals surface area contributed by atoms with Crippen molar-refractivity contribution in [3.63, 3.8) is 0 Å². The number of hydrogen-bond acceptors (Lipinski definition) is 4. The van der Waals surface area contributed by atoms with Crippen molar-refractivity contribution in [1.29, 1.82) is 0 Å². The lowest BCUT2D eigenvalue weighted by Crippen LogP contribution is -2.28. The number of halogens is 3. The Morgan fingerprint density at radius 1 is 0.919 bits per heavy atom. The molecule has 0 spiro atoms. The molecule has 0 aliphatic carbocycles. The van der Waals surface area contributed by atoms with Crippen molar-refractivity contribution in [3.05, 3.63) is 125 Å². The van der Waals surface area contributed by atoms with Crippen LogP contribution in [0.25, 0.3) is 0 Å². The number of aromatic nitrogens is 1. The molecule has 0 unspecified atom stereocenters. The van der Waals surface area contributed by atoms with Crippen molar-refractivity contribution in [3.8, 4) is 0 Å². The van der Waals surface area contributed by atoms with Gasteiger partial charge in [-0.3, -0.25) is 9.69 Å². The summed E-state index contributed by atoms with van der Waals surface area (Å²) in [6, 6.07) is 24.1.